The van der Waals surface area contributed by atoms with Crippen molar-refractivity contribution in [2.75, 3.05) is 19.6 Å². The maximum Gasteiger partial charge on any atom is 0.243 e. The Labute approximate surface area is 145 Å². The number of hydrogen-bond acceptors (Lipinski definition) is 4. The lowest BCUT2D eigenvalue weighted by molar-refractivity contribution is -0.116. The fourth-order valence-electron chi connectivity index (χ4n) is 3.03. The SMILES string of the molecule is CC(C)=CC(=O)NCC1CCCN(Cc2ccnc(C(C)C)n2)C1. The summed E-state index contributed by atoms with van der Waals surface area (Å²) in [5.74, 6) is 1.79. The summed E-state index contributed by atoms with van der Waals surface area (Å²) < 4.78 is 0. The van der Waals surface area contributed by atoms with Crippen LogP contribution in [0.1, 0.15) is 58.0 Å². The van der Waals surface area contributed by atoms with Gasteiger partial charge in [0.1, 0.15) is 5.82 Å². The first kappa shape index (κ1) is 18.6. The van der Waals surface area contributed by atoms with E-state index in [1.807, 2.05) is 26.1 Å². The van der Waals surface area contributed by atoms with Crippen molar-refractivity contribution < 1.29 is 4.79 Å². The molecule has 1 aromatic heterocycles. The minimum atomic E-state index is 0.0181. The summed E-state index contributed by atoms with van der Waals surface area (Å²) in [5, 5.41) is 3.02. The number of aromatic nitrogens is 2. The first-order valence-electron chi connectivity index (χ1n) is 8.91. The summed E-state index contributed by atoms with van der Waals surface area (Å²) in [6.07, 6.45) is 5.87. The van der Waals surface area contributed by atoms with Gasteiger partial charge < -0.3 is 5.32 Å². The minimum absolute atomic E-state index is 0.0181. The molecule has 1 fully saturated rings. The fraction of sp³-hybridized carbons (Fsp3) is 0.632. The Kier molecular flexibility index (Phi) is 6.91. The molecule has 2 heterocycles. The lowest BCUT2D eigenvalue weighted by Crippen LogP contribution is -2.40. The smallest absolute Gasteiger partial charge is 0.243 e. The third-order valence-electron chi connectivity index (χ3n) is 4.22. The molecule has 1 saturated heterocycles. The van der Waals surface area contributed by atoms with Crippen molar-refractivity contribution in [2.24, 2.45) is 5.92 Å². The summed E-state index contributed by atoms with van der Waals surface area (Å²) in [6.45, 7) is 11.8. The number of amides is 1. The van der Waals surface area contributed by atoms with Crippen LogP contribution < -0.4 is 5.32 Å². The zero-order valence-corrected chi connectivity index (χ0v) is 15.4. The maximum absolute atomic E-state index is 11.8. The molecule has 0 bridgehead atoms. The zero-order valence-electron chi connectivity index (χ0n) is 15.4. The maximum atomic E-state index is 11.8. The molecule has 0 aliphatic carbocycles. The zero-order chi connectivity index (χ0) is 17.5. The molecule has 1 atom stereocenters. The largest absolute Gasteiger partial charge is 0.352 e. The van der Waals surface area contributed by atoms with Gasteiger partial charge in [-0.15, -0.1) is 0 Å². The van der Waals surface area contributed by atoms with Crippen molar-refractivity contribution in [3.63, 3.8) is 0 Å². The van der Waals surface area contributed by atoms with Gasteiger partial charge in [-0.05, 0) is 45.2 Å². The normalized spacial score (nSPS) is 18.5. The molecule has 0 radical (unpaired) electrons. The molecule has 1 N–H and O–H groups in total. The molecule has 132 valence electrons. The Bertz CT molecular complexity index is 578. The van der Waals surface area contributed by atoms with E-state index >= 15 is 0 Å². The molecule has 5 heteroatoms. The highest BCUT2D eigenvalue weighted by Crippen LogP contribution is 2.18. The summed E-state index contributed by atoms with van der Waals surface area (Å²) >= 11 is 0. The van der Waals surface area contributed by atoms with Gasteiger partial charge in [-0.25, -0.2) is 9.97 Å². The molecular formula is C19H30N4O. The van der Waals surface area contributed by atoms with Crippen LogP contribution in [0.4, 0.5) is 0 Å². The number of carbonyl (C=O) groups excluding carboxylic acids is 1. The average Bonchev–Trinajstić information content (AvgIpc) is 2.53. The monoisotopic (exact) mass is 330 g/mol. The Balaban J connectivity index is 1.85. The van der Waals surface area contributed by atoms with Crippen LogP contribution in [-0.4, -0.2) is 40.4 Å². The average molecular weight is 330 g/mol. The van der Waals surface area contributed by atoms with Crippen molar-refractivity contribution in [1.82, 2.24) is 20.2 Å². The fourth-order valence-corrected chi connectivity index (χ4v) is 3.03. The molecule has 0 saturated carbocycles. The number of carbonyl (C=O) groups is 1. The molecule has 1 aliphatic heterocycles. The summed E-state index contributed by atoms with van der Waals surface area (Å²) in [5.41, 5.74) is 2.12. The first-order valence-corrected chi connectivity index (χ1v) is 8.91. The van der Waals surface area contributed by atoms with Gasteiger partial charge in [-0.2, -0.15) is 0 Å². The predicted octanol–water partition coefficient (Wildman–Crippen LogP) is 2.89. The van der Waals surface area contributed by atoms with Gasteiger partial charge in [0.2, 0.25) is 5.91 Å². The van der Waals surface area contributed by atoms with E-state index in [0.29, 0.717) is 11.8 Å². The molecule has 0 spiro atoms. The van der Waals surface area contributed by atoms with E-state index in [1.54, 1.807) is 6.08 Å². The number of allylic oxidation sites excluding steroid dienone is 1. The third kappa shape index (κ3) is 6.04. The van der Waals surface area contributed by atoms with E-state index < -0.39 is 0 Å². The molecule has 5 nitrogen and oxygen atoms in total. The number of rotatable bonds is 6. The van der Waals surface area contributed by atoms with Gasteiger partial charge in [0.05, 0.1) is 5.69 Å². The molecule has 0 aromatic carbocycles. The van der Waals surface area contributed by atoms with Crippen LogP contribution in [0.2, 0.25) is 0 Å². The van der Waals surface area contributed by atoms with Crippen LogP contribution >= 0.6 is 0 Å². The summed E-state index contributed by atoms with van der Waals surface area (Å²) in [7, 11) is 0. The van der Waals surface area contributed by atoms with E-state index in [1.165, 1.54) is 12.8 Å². The highest BCUT2D eigenvalue weighted by Gasteiger charge is 2.20. The molecule has 1 unspecified atom stereocenters. The van der Waals surface area contributed by atoms with E-state index in [0.717, 1.165) is 43.3 Å². The third-order valence-corrected chi connectivity index (χ3v) is 4.22. The highest BCUT2D eigenvalue weighted by atomic mass is 16.1. The first-order chi connectivity index (χ1) is 11.4. The van der Waals surface area contributed by atoms with Gasteiger partial charge in [-0.3, -0.25) is 9.69 Å². The molecule has 1 aliphatic rings. The van der Waals surface area contributed by atoms with Crippen LogP contribution in [0.15, 0.2) is 23.9 Å². The minimum Gasteiger partial charge on any atom is -0.352 e. The second-order valence-corrected chi connectivity index (χ2v) is 7.27. The summed E-state index contributed by atoms with van der Waals surface area (Å²) in [4.78, 5) is 23.2. The number of hydrogen-bond donors (Lipinski definition) is 1. The predicted molar refractivity (Wildman–Crippen MR) is 96.6 cm³/mol. The van der Waals surface area contributed by atoms with Gasteiger partial charge >= 0.3 is 0 Å². The van der Waals surface area contributed by atoms with Gasteiger partial charge in [0, 0.05) is 37.8 Å². The number of piperidine rings is 1. The van der Waals surface area contributed by atoms with Crippen LogP contribution in [0.5, 0.6) is 0 Å². The van der Waals surface area contributed by atoms with Crippen LogP contribution in [0.25, 0.3) is 0 Å². The standard InChI is InChI=1S/C19H30N4O/c1-14(2)10-18(24)21-11-16-6-5-9-23(12-16)13-17-7-8-20-19(22-17)15(3)4/h7-8,10,15-16H,5-6,9,11-13H2,1-4H3,(H,21,24). The Hall–Kier alpha value is -1.75. The number of nitrogens with zero attached hydrogens (tertiary/aromatic N) is 3. The van der Waals surface area contributed by atoms with Crippen molar-refractivity contribution >= 4 is 5.91 Å². The van der Waals surface area contributed by atoms with Crippen LogP contribution in [-0.2, 0) is 11.3 Å². The Morgan fingerprint density at radius 1 is 1.46 bits per heavy atom. The Morgan fingerprint density at radius 3 is 2.96 bits per heavy atom. The lowest BCUT2D eigenvalue weighted by atomic mass is 9.98. The molecule has 1 amide bonds. The molecule has 2 rings (SSSR count). The van der Waals surface area contributed by atoms with Gasteiger partial charge in [0.15, 0.2) is 0 Å². The van der Waals surface area contributed by atoms with E-state index in [9.17, 15) is 4.79 Å². The van der Waals surface area contributed by atoms with E-state index in [4.69, 9.17) is 0 Å². The highest BCUT2D eigenvalue weighted by molar-refractivity contribution is 5.87. The van der Waals surface area contributed by atoms with Gasteiger partial charge in [0.25, 0.3) is 0 Å². The number of nitrogens with one attached hydrogen (secondary N) is 1. The van der Waals surface area contributed by atoms with Crippen LogP contribution in [0, 0.1) is 5.92 Å². The van der Waals surface area contributed by atoms with Gasteiger partial charge in [-0.1, -0.05) is 19.4 Å². The van der Waals surface area contributed by atoms with E-state index in [-0.39, 0.29) is 5.91 Å². The molecular weight excluding hydrogens is 300 g/mol. The second-order valence-electron chi connectivity index (χ2n) is 7.27. The molecule has 24 heavy (non-hydrogen) atoms. The van der Waals surface area contributed by atoms with E-state index in [2.05, 4.69) is 34.0 Å². The van der Waals surface area contributed by atoms with Crippen molar-refractivity contribution in [2.45, 2.75) is 53.0 Å². The van der Waals surface area contributed by atoms with Crippen molar-refractivity contribution in [3.05, 3.63) is 35.4 Å². The Morgan fingerprint density at radius 2 is 2.25 bits per heavy atom. The summed E-state index contributed by atoms with van der Waals surface area (Å²) in [6, 6.07) is 2.01. The lowest BCUT2D eigenvalue weighted by Gasteiger charge is -2.32. The topological polar surface area (TPSA) is 58.1 Å². The second kappa shape index (κ2) is 8.92. The van der Waals surface area contributed by atoms with Crippen molar-refractivity contribution in [1.29, 1.82) is 0 Å². The quantitative estimate of drug-likeness (QED) is 0.815. The van der Waals surface area contributed by atoms with Crippen molar-refractivity contribution in [3.8, 4) is 0 Å². The number of likely N-dealkylation sites (tertiary alicyclic amines) is 1. The molecule has 1 aromatic rings. The van der Waals surface area contributed by atoms with Crippen LogP contribution in [0.3, 0.4) is 0 Å².